The van der Waals surface area contributed by atoms with E-state index < -0.39 is 10.0 Å². The van der Waals surface area contributed by atoms with Crippen LogP contribution in [0.1, 0.15) is 17.5 Å². The molecule has 1 aromatic carbocycles. The van der Waals surface area contributed by atoms with Gasteiger partial charge in [0.2, 0.25) is 10.0 Å². The summed E-state index contributed by atoms with van der Waals surface area (Å²) in [6.07, 6.45) is 1.01. The van der Waals surface area contributed by atoms with Crippen LogP contribution in [0.25, 0.3) is 0 Å². The second-order valence-electron chi connectivity index (χ2n) is 5.32. The van der Waals surface area contributed by atoms with Crippen molar-refractivity contribution >= 4 is 10.0 Å². The van der Waals surface area contributed by atoms with Crippen LogP contribution in [0.3, 0.4) is 0 Å². The van der Waals surface area contributed by atoms with E-state index in [4.69, 9.17) is 4.74 Å². The molecule has 1 fully saturated rings. The van der Waals surface area contributed by atoms with Crippen LogP contribution in [-0.2, 0) is 10.0 Å². The molecule has 0 saturated carbocycles. The van der Waals surface area contributed by atoms with Crippen LogP contribution >= 0.6 is 0 Å². The monoisotopic (exact) mass is 298 g/mol. The van der Waals surface area contributed by atoms with Gasteiger partial charge in [-0.3, -0.25) is 0 Å². The predicted octanol–water partition coefficient (Wildman–Crippen LogP) is 1.20. The summed E-state index contributed by atoms with van der Waals surface area (Å²) >= 11 is 0. The largest absolute Gasteiger partial charge is 0.495 e. The van der Waals surface area contributed by atoms with E-state index in [-0.39, 0.29) is 4.90 Å². The fourth-order valence-electron chi connectivity index (χ4n) is 2.57. The Morgan fingerprint density at radius 1 is 1.40 bits per heavy atom. The van der Waals surface area contributed by atoms with Gasteiger partial charge >= 0.3 is 0 Å². The van der Waals surface area contributed by atoms with Crippen LogP contribution in [0.5, 0.6) is 5.75 Å². The lowest BCUT2D eigenvalue weighted by Gasteiger charge is -2.15. The van der Waals surface area contributed by atoms with Crippen molar-refractivity contribution in [2.45, 2.75) is 25.2 Å². The molecule has 1 aliphatic rings. The van der Waals surface area contributed by atoms with Crippen LogP contribution in [0.4, 0.5) is 0 Å². The fourth-order valence-corrected chi connectivity index (χ4v) is 4.01. The summed E-state index contributed by atoms with van der Waals surface area (Å²) in [7, 11) is -2.04. The lowest BCUT2D eigenvalue weighted by atomic mass is 10.1. The van der Waals surface area contributed by atoms with Crippen molar-refractivity contribution in [1.29, 1.82) is 0 Å². The van der Waals surface area contributed by atoms with Crippen molar-refractivity contribution in [2.75, 3.05) is 26.7 Å². The highest BCUT2D eigenvalue weighted by Gasteiger charge is 2.23. The minimum atomic E-state index is -3.54. The first kappa shape index (κ1) is 15.3. The van der Waals surface area contributed by atoms with Gasteiger partial charge < -0.3 is 10.1 Å². The number of hydrogen-bond donors (Lipinski definition) is 2. The highest BCUT2D eigenvalue weighted by atomic mass is 32.2. The maximum atomic E-state index is 12.5. The quantitative estimate of drug-likeness (QED) is 0.857. The zero-order valence-electron chi connectivity index (χ0n) is 12.2. The average Bonchev–Trinajstić information content (AvgIpc) is 2.89. The summed E-state index contributed by atoms with van der Waals surface area (Å²) < 4.78 is 32.9. The number of aryl methyl sites for hydroxylation is 2. The van der Waals surface area contributed by atoms with E-state index in [0.717, 1.165) is 30.6 Å². The lowest BCUT2D eigenvalue weighted by molar-refractivity contribution is 0.398. The average molecular weight is 298 g/mol. The number of methoxy groups -OCH3 is 1. The Morgan fingerprint density at radius 2 is 2.15 bits per heavy atom. The first-order valence-corrected chi connectivity index (χ1v) is 8.28. The van der Waals surface area contributed by atoms with E-state index in [9.17, 15) is 8.42 Å². The van der Waals surface area contributed by atoms with Crippen molar-refractivity contribution in [3.63, 3.8) is 0 Å². The molecule has 112 valence electrons. The molecule has 0 aliphatic carbocycles. The molecule has 5 nitrogen and oxygen atoms in total. The Labute approximate surface area is 120 Å². The van der Waals surface area contributed by atoms with Crippen molar-refractivity contribution < 1.29 is 13.2 Å². The molecule has 0 amide bonds. The zero-order valence-corrected chi connectivity index (χ0v) is 13.0. The summed E-state index contributed by atoms with van der Waals surface area (Å²) in [6.45, 7) is 6.02. The Kier molecular flexibility index (Phi) is 4.67. The minimum absolute atomic E-state index is 0.225. The summed E-state index contributed by atoms with van der Waals surface area (Å²) in [5.74, 6) is 0.786. The number of hydrogen-bond acceptors (Lipinski definition) is 4. The SMILES string of the molecule is COc1c(C)cc(C)cc1S(=O)(=O)NCC1CCNC1. The molecule has 0 radical (unpaired) electrons. The summed E-state index contributed by atoms with van der Waals surface area (Å²) in [6, 6.07) is 3.57. The first-order chi connectivity index (χ1) is 9.44. The van der Waals surface area contributed by atoms with E-state index in [1.54, 1.807) is 6.07 Å². The Balaban J connectivity index is 2.24. The molecular formula is C14H22N2O3S. The molecule has 1 aliphatic heterocycles. The van der Waals surface area contributed by atoms with Crippen LogP contribution in [-0.4, -0.2) is 35.2 Å². The molecule has 1 unspecified atom stereocenters. The maximum Gasteiger partial charge on any atom is 0.244 e. The third-order valence-electron chi connectivity index (χ3n) is 3.60. The van der Waals surface area contributed by atoms with Gasteiger partial charge in [-0.1, -0.05) is 6.07 Å². The Hall–Kier alpha value is -1.11. The van der Waals surface area contributed by atoms with Crippen LogP contribution < -0.4 is 14.8 Å². The number of nitrogens with one attached hydrogen (secondary N) is 2. The van der Waals surface area contributed by atoms with Gasteiger partial charge in [0, 0.05) is 6.54 Å². The molecule has 0 spiro atoms. The molecule has 1 saturated heterocycles. The number of rotatable bonds is 5. The second-order valence-corrected chi connectivity index (χ2v) is 7.06. The third-order valence-corrected chi connectivity index (χ3v) is 5.03. The van der Waals surface area contributed by atoms with Crippen molar-refractivity contribution in [1.82, 2.24) is 10.0 Å². The second kappa shape index (κ2) is 6.11. The third kappa shape index (κ3) is 3.31. The van der Waals surface area contributed by atoms with Crippen molar-refractivity contribution in [2.24, 2.45) is 5.92 Å². The summed E-state index contributed by atoms with van der Waals surface area (Å²) in [5.41, 5.74) is 1.74. The molecule has 2 N–H and O–H groups in total. The number of ether oxygens (including phenoxy) is 1. The molecule has 0 bridgehead atoms. The van der Waals surface area contributed by atoms with Crippen LogP contribution in [0, 0.1) is 19.8 Å². The molecule has 6 heteroatoms. The van der Waals surface area contributed by atoms with Crippen LogP contribution in [0.2, 0.25) is 0 Å². The standard InChI is InChI=1S/C14H22N2O3S/c1-10-6-11(2)14(19-3)13(7-10)20(17,18)16-9-12-4-5-15-8-12/h6-7,12,15-16H,4-5,8-9H2,1-3H3. The van der Waals surface area contributed by atoms with Gasteiger partial charge in [0.1, 0.15) is 10.6 Å². The molecule has 0 aromatic heterocycles. The summed E-state index contributed by atoms with van der Waals surface area (Å²) in [5, 5.41) is 3.23. The van der Waals surface area contributed by atoms with Gasteiger partial charge in [-0.05, 0) is 56.5 Å². The Morgan fingerprint density at radius 3 is 2.75 bits per heavy atom. The van der Waals surface area contributed by atoms with Gasteiger partial charge in [0.15, 0.2) is 0 Å². The number of benzene rings is 1. The van der Waals surface area contributed by atoms with E-state index in [0.29, 0.717) is 18.2 Å². The van der Waals surface area contributed by atoms with Gasteiger partial charge in [0.05, 0.1) is 7.11 Å². The van der Waals surface area contributed by atoms with Gasteiger partial charge in [-0.2, -0.15) is 0 Å². The maximum absolute atomic E-state index is 12.5. The molecule has 1 atom stereocenters. The normalized spacial score (nSPS) is 19.2. The van der Waals surface area contributed by atoms with E-state index in [1.165, 1.54) is 7.11 Å². The highest BCUT2D eigenvalue weighted by molar-refractivity contribution is 7.89. The fraction of sp³-hybridized carbons (Fsp3) is 0.571. The molecule has 1 aromatic rings. The molecular weight excluding hydrogens is 276 g/mol. The van der Waals surface area contributed by atoms with Crippen molar-refractivity contribution in [3.8, 4) is 5.75 Å². The lowest BCUT2D eigenvalue weighted by Crippen LogP contribution is -2.30. The van der Waals surface area contributed by atoms with Crippen molar-refractivity contribution in [3.05, 3.63) is 23.3 Å². The topological polar surface area (TPSA) is 67.4 Å². The number of sulfonamides is 1. The Bertz CT molecular complexity index is 578. The van der Waals surface area contributed by atoms with Gasteiger partial charge in [-0.15, -0.1) is 0 Å². The molecule has 2 rings (SSSR count). The highest BCUT2D eigenvalue weighted by Crippen LogP contribution is 2.29. The minimum Gasteiger partial charge on any atom is -0.495 e. The smallest absolute Gasteiger partial charge is 0.244 e. The van der Waals surface area contributed by atoms with E-state index >= 15 is 0 Å². The van der Waals surface area contributed by atoms with E-state index in [1.807, 2.05) is 19.9 Å². The van der Waals surface area contributed by atoms with Gasteiger partial charge in [-0.25, -0.2) is 13.1 Å². The summed E-state index contributed by atoms with van der Waals surface area (Å²) in [4.78, 5) is 0.225. The van der Waals surface area contributed by atoms with Crippen LogP contribution in [0.15, 0.2) is 17.0 Å². The molecule has 20 heavy (non-hydrogen) atoms. The first-order valence-electron chi connectivity index (χ1n) is 6.79. The van der Waals surface area contributed by atoms with Gasteiger partial charge in [0.25, 0.3) is 0 Å². The molecule has 1 heterocycles. The predicted molar refractivity (Wildman–Crippen MR) is 78.6 cm³/mol. The van der Waals surface area contributed by atoms with E-state index in [2.05, 4.69) is 10.0 Å². The zero-order chi connectivity index (χ0) is 14.8.